The second-order valence-corrected chi connectivity index (χ2v) is 3.77. The van der Waals surface area contributed by atoms with Crippen molar-refractivity contribution in [3.63, 3.8) is 0 Å². The van der Waals surface area contributed by atoms with Crippen molar-refractivity contribution in [3.05, 3.63) is 35.4 Å². The number of hydrogen-bond donors (Lipinski definition) is 0. The fourth-order valence-corrected chi connectivity index (χ4v) is 1.85. The Morgan fingerprint density at radius 3 is 2.80 bits per heavy atom. The first-order valence-corrected chi connectivity index (χ1v) is 5.05. The molecule has 15 heavy (non-hydrogen) atoms. The zero-order chi connectivity index (χ0) is 10.8. The third-order valence-corrected chi connectivity index (χ3v) is 2.73. The maximum atomic E-state index is 11.7. The van der Waals surface area contributed by atoms with Crippen molar-refractivity contribution in [1.82, 2.24) is 4.90 Å². The van der Waals surface area contributed by atoms with E-state index in [-0.39, 0.29) is 11.7 Å². The lowest BCUT2D eigenvalue weighted by molar-refractivity contribution is -0.129. The standard InChI is InChI=1S/C12H13NO2/c1-9(14)13-7-6-12(15)11-5-3-2-4-10(11)8-13/h2-5H,6-8H2,1H3. The number of rotatable bonds is 0. The van der Waals surface area contributed by atoms with Gasteiger partial charge in [0, 0.05) is 32.0 Å². The quantitative estimate of drug-likeness (QED) is 0.642. The highest BCUT2D eigenvalue weighted by molar-refractivity contribution is 5.98. The zero-order valence-corrected chi connectivity index (χ0v) is 8.69. The fourth-order valence-electron chi connectivity index (χ4n) is 1.85. The van der Waals surface area contributed by atoms with Crippen molar-refractivity contribution in [2.24, 2.45) is 0 Å². The van der Waals surface area contributed by atoms with Crippen LogP contribution in [0.5, 0.6) is 0 Å². The maximum absolute atomic E-state index is 11.7. The van der Waals surface area contributed by atoms with Crippen molar-refractivity contribution in [2.45, 2.75) is 19.9 Å². The molecule has 3 nitrogen and oxygen atoms in total. The van der Waals surface area contributed by atoms with Gasteiger partial charge in [0.1, 0.15) is 0 Å². The van der Waals surface area contributed by atoms with Gasteiger partial charge >= 0.3 is 0 Å². The highest BCUT2D eigenvalue weighted by Crippen LogP contribution is 2.18. The minimum atomic E-state index is 0.0273. The maximum Gasteiger partial charge on any atom is 0.219 e. The molecule has 0 spiro atoms. The van der Waals surface area contributed by atoms with E-state index in [1.807, 2.05) is 24.3 Å². The monoisotopic (exact) mass is 203 g/mol. The van der Waals surface area contributed by atoms with E-state index in [1.54, 1.807) is 11.8 Å². The molecule has 1 aromatic rings. The van der Waals surface area contributed by atoms with Gasteiger partial charge in [-0.3, -0.25) is 9.59 Å². The van der Waals surface area contributed by atoms with Crippen LogP contribution in [-0.4, -0.2) is 23.1 Å². The Hall–Kier alpha value is -1.64. The molecule has 1 heterocycles. The minimum absolute atomic E-state index is 0.0273. The van der Waals surface area contributed by atoms with Crippen molar-refractivity contribution in [1.29, 1.82) is 0 Å². The lowest BCUT2D eigenvalue weighted by atomic mass is 10.0. The fraction of sp³-hybridized carbons (Fsp3) is 0.333. The molecule has 1 aliphatic rings. The van der Waals surface area contributed by atoms with Crippen LogP contribution in [0.2, 0.25) is 0 Å². The largest absolute Gasteiger partial charge is 0.338 e. The van der Waals surface area contributed by atoms with E-state index >= 15 is 0 Å². The third kappa shape index (κ3) is 1.91. The predicted octanol–water partition coefficient (Wildman–Crippen LogP) is 1.62. The molecule has 3 heteroatoms. The van der Waals surface area contributed by atoms with Crippen LogP contribution in [0.4, 0.5) is 0 Å². The molecule has 0 unspecified atom stereocenters. The zero-order valence-electron chi connectivity index (χ0n) is 8.69. The number of fused-ring (bicyclic) bond motifs is 1. The lowest BCUT2D eigenvalue weighted by Gasteiger charge is -2.17. The molecule has 0 saturated carbocycles. The summed E-state index contributed by atoms with van der Waals surface area (Å²) >= 11 is 0. The van der Waals surface area contributed by atoms with Crippen LogP contribution in [-0.2, 0) is 11.3 Å². The van der Waals surface area contributed by atoms with E-state index in [0.717, 1.165) is 11.1 Å². The highest BCUT2D eigenvalue weighted by atomic mass is 16.2. The number of Topliss-reactive ketones (excluding diaryl/α,β-unsaturated/α-hetero) is 1. The van der Waals surface area contributed by atoms with Crippen LogP contribution in [0.25, 0.3) is 0 Å². The normalized spacial score (nSPS) is 15.8. The molecule has 0 radical (unpaired) electrons. The Kier molecular flexibility index (Phi) is 2.54. The van der Waals surface area contributed by atoms with Gasteiger partial charge in [-0.15, -0.1) is 0 Å². The second-order valence-electron chi connectivity index (χ2n) is 3.77. The average Bonchev–Trinajstić information content (AvgIpc) is 2.39. The predicted molar refractivity (Wildman–Crippen MR) is 56.5 cm³/mol. The Labute approximate surface area is 88.7 Å². The Bertz CT molecular complexity index is 412. The van der Waals surface area contributed by atoms with E-state index < -0.39 is 0 Å². The van der Waals surface area contributed by atoms with Crippen molar-refractivity contribution < 1.29 is 9.59 Å². The minimum Gasteiger partial charge on any atom is -0.338 e. The molecule has 0 atom stereocenters. The van der Waals surface area contributed by atoms with E-state index in [1.165, 1.54) is 0 Å². The van der Waals surface area contributed by atoms with Gasteiger partial charge in [-0.2, -0.15) is 0 Å². The van der Waals surface area contributed by atoms with Gasteiger partial charge in [0.05, 0.1) is 0 Å². The number of amides is 1. The summed E-state index contributed by atoms with van der Waals surface area (Å²) in [5.74, 6) is 0.161. The first kappa shape index (κ1) is 9.90. The Morgan fingerprint density at radius 2 is 2.07 bits per heavy atom. The SMILES string of the molecule is CC(=O)N1CCC(=O)c2ccccc2C1. The van der Waals surface area contributed by atoms with Gasteiger partial charge in [0.25, 0.3) is 0 Å². The summed E-state index contributed by atoms with van der Waals surface area (Å²) in [6, 6.07) is 7.51. The topological polar surface area (TPSA) is 37.4 Å². The molecule has 78 valence electrons. The molecule has 0 aliphatic carbocycles. The average molecular weight is 203 g/mol. The molecule has 0 N–H and O–H groups in total. The van der Waals surface area contributed by atoms with Gasteiger partial charge in [0.2, 0.25) is 5.91 Å². The summed E-state index contributed by atoms with van der Waals surface area (Å²) in [6.45, 7) is 2.62. The molecule has 0 saturated heterocycles. The molecule has 1 aliphatic heterocycles. The highest BCUT2D eigenvalue weighted by Gasteiger charge is 2.20. The second kappa shape index (κ2) is 3.85. The van der Waals surface area contributed by atoms with Crippen molar-refractivity contribution in [2.75, 3.05) is 6.54 Å². The van der Waals surface area contributed by atoms with E-state index in [4.69, 9.17) is 0 Å². The van der Waals surface area contributed by atoms with E-state index in [2.05, 4.69) is 0 Å². The summed E-state index contributed by atoms with van der Waals surface area (Å²) in [5, 5.41) is 0. The third-order valence-electron chi connectivity index (χ3n) is 2.73. The molecule has 1 aromatic carbocycles. The summed E-state index contributed by atoms with van der Waals surface area (Å²) in [5.41, 5.74) is 1.72. The lowest BCUT2D eigenvalue weighted by Crippen LogP contribution is -2.28. The molecule has 0 bridgehead atoms. The Morgan fingerprint density at radius 1 is 1.33 bits per heavy atom. The number of hydrogen-bond acceptors (Lipinski definition) is 2. The Balaban J connectivity index is 2.38. The molecular formula is C12H13NO2. The summed E-state index contributed by atoms with van der Waals surface area (Å²) < 4.78 is 0. The van der Waals surface area contributed by atoms with Crippen LogP contribution < -0.4 is 0 Å². The molecule has 0 aromatic heterocycles. The first-order valence-electron chi connectivity index (χ1n) is 5.05. The van der Waals surface area contributed by atoms with E-state index in [0.29, 0.717) is 19.5 Å². The van der Waals surface area contributed by atoms with Gasteiger partial charge < -0.3 is 4.90 Å². The smallest absolute Gasteiger partial charge is 0.219 e. The first-order chi connectivity index (χ1) is 7.18. The van der Waals surface area contributed by atoms with Crippen molar-refractivity contribution >= 4 is 11.7 Å². The van der Waals surface area contributed by atoms with Crippen LogP contribution in [0.3, 0.4) is 0 Å². The van der Waals surface area contributed by atoms with E-state index in [9.17, 15) is 9.59 Å². The van der Waals surface area contributed by atoms with Crippen LogP contribution in [0, 0.1) is 0 Å². The number of ketones is 1. The summed E-state index contributed by atoms with van der Waals surface area (Å²) in [4.78, 5) is 24.7. The van der Waals surface area contributed by atoms with Crippen LogP contribution in [0.15, 0.2) is 24.3 Å². The van der Waals surface area contributed by atoms with Crippen molar-refractivity contribution in [3.8, 4) is 0 Å². The number of benzene rings is 1. The van der Waals surface area contributed by atoms with Gasteiger partial charge in [0.15, 0.2) is 5.78 Å². The summed E-state index contributed by atoms with van der Waals surface area (Å²) in [6.07, 6.45) is 0.427. The summed E-state index contributed by atoms with van der Waals surface area (Å²) in [7, 11) is 0. The number of carbonyl (C=O) groups is 2. The molecular weight excluding hydrogens is 190 g/mol. The van der Waals surface area contributed by atoms with Crippen LogP contribution in [0.1, 0.15) is 29.3 Å². The van der Waals surface area contributed by atoms with Crippen LogP contribution >= 0.6 is 0 Å². The van der Waals surface area contributed by atoms with Gasteiger partial charge in [-0.25, -0.2) is 0 Å². The molecule has 1 amide bonds. The van der Waals surface area contributed by atoms with Gasteiger partial charge in [-0.1, -0.05) is 24.3 Å². The molecule has 0 fully saturated rings. The molecule has 2 rings (SSSR count). The van der Waals surface area contributed by atoms with Gasteiger partial charge in [-0.05, 0) is 5.56 Å². The number of carbonyl (C=O) groups excluding carboxylic acids is 2. The number of nitrogens with zero attached hydrogens (tertiary/aromatic N) is 1.